The molecular formula is C16H30N4. The minimum atomic E-state index is 0.725. The molecule has 1 N–H and O–H groups in total. The van der Waals surface area contributed by atoms with E-state index in [0.717, 1.165) is 18.1 Å². The average Bonchev–Trinajstić information content (AvgIpc) is 2.57. The molecule has 5 aliphatic rings. The van der Waals surface area contributed by atoms with Crippen molar-refractivity contribution in [2.75, 3.05) is 52.4 Å². The summed E-state index contributed by atoms with van der Waals surface area (Å²) in [5.41, 5.74) is 0. The summed E-state index contributed by atoms with van der Waals surface area (Å²) in [4.78, 5) is 8.47. The van der Waals surface area contributed by atoms with Crippen LogP contribution in [0.15, 0.2) is 0 Å². The third kappa shape index (κ3) is 2.41. The zero-order chi connectivity index (χ0) is 13.4. The maximum atomic E-state index is 3.52. The third-order valence-corrected chi connectivity index (χ3v) is 6.07. The van der Waals surface area contributed by atoms with Gasteiger partial charge in [0.25, 0.3) is 0 Å². The number of nitrogens with one attached hydrogen (secondary N) is 1. The Balaban J connectivity index is 1.55. The van der Waals surface area contributed by atoms with E-state index in [1.807, 2.05) is 0 Å². The van der Waals surface area contributed by atoms with Gasteiger partial charge in [-0.25, -0.2) is 0 Å². The number of fused-ring (bicyclic) bond motifs is 3. The minimum absolute atomic E-state index is 0.725. The monoisotopic (exact) mass is 278 g/mol. The first kappa shape index (κ1) is 13.5. The zero-order valence-electron chi connectivity index (χ0n) is 12.8. The van der Waals surface area contributed by atoms with Gasteiger partial charge in [-0.15, -0.1) is 0 Å². The molecule has 2 unspecified atom stereocenters. The number of likely N-dealkylation sites (tertiary alicyclic amines) is 1. The van der Waals surface area contributed by atoms with E-state index in [1.165, 1.54) is 84.5 Å². The Morgan fingerprint density at radius 3 is 2.00 bits per heavy atom. The Morgan fingerprint density at radius 1 is 0.650 bits per heavy atom. The number of hydrogen-bond acceptors (Lipinski definition) is 4. The van der Waals surface area contributed by atoms with Crippen molar-refractivity contribution in [2.24, 2.45) is 5.92 Å². The fourth-order valence-corrected chi connectivity index (χ4v) is 5.08. The van der Waals surface area contributed by atoms with Gasteiger partial charge in [-0.2, -0.15) is 0 Å². The molecule has 0 spiro atoms. The second-order valence-corrected chi connectivity index (χ2v) is 7.16. The quantitative estimate of drug-likeness (QED) is 0.806. The van der Waals surface area contributed by atoms with Crippen LogP contribution in [0.2, 0.25) is 0 Å². The number of piperidine rings is 4. The SMILES string of the molecule is C1CCN(C2C3CCN(CC3)C2N2CCNCC2)CC1. The van der Waals surface area contributed by atoms with Gasteiger partial charge >= 0.3 is 0 Å². The molecule has 5 saturated heterocycles. The Labute approximate surface area is 123 Å². The van der Waals surface area contributed by atoms with Crippen LogP contribution < -0.4 is 5.32 Å². The molecule has 4 nitrogen and oxygen atoms in total. The normalized spacial score (nSPS) is 43.8. The molecule has 2 atom stereocenters. The molecule has 20 heavy (non-hydrogen) atoms. The maximum Gasteiger partial charge on any atom is 0.0786 e. The first-order valence-corrected chi connectivity index (χ1v) is 8.86. The van der Waals surface area contributed by atoms with Crippen molar-refractivity contribution >= 4 is 0 Å². The summed E-state index contributed by atoms with van der Waals surface area (Å²) in [6, 6.07) is 0.830. The summed E-state index contributed by atoms with van der Waals surface area (Å²) in [6.07, 6.45) is 7.93. The van der Waals surface area contributed by atoms with Crippen molar-refractivity contribution in [3.8, 4) is 0 Å². The van der Waals surface area contributed by atoms with E-state index in [2.05, 4.69) is 20.0 Å². The molecule has 5 heterocycles. The van der Waals surface area contributed by atoms with Crippen LogP contribution in [0.1, 0.15) is 32.1 Å². The minimum Gasteiger partial charge on any atom is -0.314 e. The van der Waals surface area contributed by atoms with Gasteiger partial charge in [0.2, 0.25) is 0 Å². The molecule has 2 bridgehead atoms. The first-order chi connectivity index (χ1) is 9.93. The Bertz CT molecular complexity index is 282. The highest BCUT2D eigenvalue weighted by Crippen LogP contribution is 2.38. The molecule has 0 aromatic rings. The van der Waals surface area contributed by atoms with Gasteiger partial charge in [0, 0.05) is 45.3 Å². The molecule has 0 amide bonds. The van der Waals surface area contributed by atoms with Crippen molar-refractivity contribution in [1.29, 1.82) is 0 Å². The highest BCUT2D eigenvalue weighted by molar-refractivity contribution is 5.00. The lowest BCUT2D eigenvalue weighted by Crippen LogP contribution is -2.70. The van der Waals surface area contributed by atoms with Crippen LogP contribution in [-0.2, 0) is 0 Å². The molecular weight excluding hydrogens is 248 g/mol. The fourth-order valence-electron chi connectivity index (χ4n) is 5.08. The molecule has 114 valence electrons. The van der Waals surface area contributed by atoms with Crippen molar-refractivity contribution in [2.45, 2.75) is 44.3 Å². The van der Waals surface area contributed by atoms with Crippen LogP contribution in [0.3, 0.4) is 0 Å². The molecule has 0 radical (unpaired) electrons. The number of piperazine rings is 1. The number of rotatable bonds is 2. The van der Waals surface area contributed by atoms with Gasteiger partial charge in [0.05, 0.1) is 6.17 Å². The summed E-state index contributed by atoms with van der Waals surface area (Å²) in [6.45, 7) is 10.3. The summed E-state index contributed by atoms with van der Waals surface area (Å²) in [7, 11) is 0. The molecule has 5 fully saturated rings. The predicted molar refractivity (Wildman–Crippen MR) is 81.7 cm³/mol. The zero-order valence-corrected chi connectivity index (χ0v) is 12.8. The summed E-state index contributed by atoms with van der Waals surface area (Å²) in [5.74, 6) is 0.970. The highest BCUT2D eigenvalue weighted by atomic mass is 15.4. The smallest absolute Gasteiger partial charge is 0.0786 e. The highest BCUT2D eigenvalue weighted by Gasteiger charge is 2.47. The molecule has 0 saturated carbocycles. The topological polar surface area (TPSA) is 21.8 Å². The van der Waals surface area contributed by atoms with Crippen LogP contribution in [0, 0.1) is 5.92 Å². The average molecular weight is 278 g/mol. The Kier molecular flexibility index (Phi) is 3.99. The van der Waals surface area contributed by atoms with Gasteiger partial charge in [0.1, 0.15) is 0 Å². The molecule has 5 aliphatic heterocycles. The van der Waals surface area contributed by atoms with E-state index >= 15 is 0 Å². The van der Waals surface area contributed by atoms with E-state index in [4.69, 9.17) is 0 Å². The van der Waals surface area contributed by atoms with Crippen LogP contribution in [0.4, 0.5) is 0 Å². The summed E-state index contributed by atoms with van der Waals surface area (Å²) >= 11 is 0. The Hall–Kier alpha value is -0.160. The maximum absolute atomic E-state index is 3.52. The fraction of sp³-hybridized carbons (Fsp3) is 1.00. The van der Waals surface area contributed by atoms with E-state index < -0.39 is 0 Å². The van der Waals surface area contributed by atoms with Crippen molar-refractivity contribution < 1.29 is 0 Å². The van der Waals surface area contributed by atoms with Crippen LogP contribution >= 0.6 is 0 Å². The van der Waals surface area contributed by atoms with Gasteiger partial charge in [-0.05, 0) is 44.7 Å². The summed E-state index contributed by atoms with van der Waals surface area (Å²) in [5, 5.41) is 3.52. The van der Waals surface area contributed by atoms with Crippen LogP contribution in [-0.4, -0.2) is 79.3 Å². The number of hydrogen-bond donors (Lipinski definition) is 1. The molecule has 5 rings (SSSR count). The predicted octanol–water partition coefficient (Wildman–Crippen LogP) is 0.798. The van der Waals surface area contributed by atoms with Crippen LogP contribution in [0.5, 0.6) is 0 Å². The second kappa shape index (κ2) is 5.91. The van der Waals surface area contributed by atoms with Crippen molar-refractivity contribution in [1.82, 2.24) is 20.0 Å². The number of nitrogens with zero attached hydrogens (tertiary/aromatic N) is 3. The second-order valence-electron chi connectivity index (χ2n) is 7.16. The van der Waals surface area contributed by atoms with Crippen LogP contribution in [0.25, 0.3) is 0 Å². The van der Waals surface area contributed by atoms with Crippen molar-refractivity contribution in [3.05, 3.63) is 0 Å². The molecule has 4 heteroatoms. The van der Waals surface area contributed by atoms with E-state index in [1.54, 1.807) is 0 Å². The van der Waals surface area contributed by atoms with Gasteiger partial charge in [0.15, 0.2) is 0 Å². The lowest BCUT2D eigenvalue weighted by atomic mass is 9.79. The van der Waals surface area contributed by atoms with E-state index in [0.29, 0.717) is 0 Å². The molecule has 0 aliphatic carbocycles. The standard InChI is InChI=1S/C16H30N4/c1-2-8-18(9-3-1)15-14-4-10-19(11-5-14)16(15)20-12-6-17-7-13-20/h14-17H,1-13H2. The van der Waals surface area contributed by atoms with E-state index in [-0.39, 0.29) is 0 Å². The lowest BCUT2D eigenvalue weighted by molar-refractivity contribution is -0.117. The van der Waals surface area contributed by atoms with Gasteiger partial charge < -0.3 is 5.32 Å². The van der Waals surface area contributed by atoms with Crippen molar-refractivity contribution in [3.63, 3.8) is 0 Å². The van der Waals surface area contributed by atoms with E-state index in [9.17, 15) is 0 Å². The van der Waals surface area contributed by atoms with Gasteiger partial charge in [-0.3, -0.25) is 14.7 Å². The molecule has 0 aromatic carbocycles. The lowest BCUT2D eigenvalue weighted by Gasteiger charge is -2.58. The summed E-state index contributed by atoms with van der Waals surface area (Å²) < 4.78 is 0. The first-order valence-electron chi connectivity index (χ1n) is 8.86. The van der Waals surface area contributed by atoms with Gasteiger partial charge in [-0.1, -0.05) is 6.42 Å². The Morgan fingerprint density at radius 2 is 1.30 bits per heavy atom. The molecule has 0 aromatic heterocycles. The third-order valence-electron chi connectivity index (χ3n) is 6.07. The largest absolute Gasteiger partial charge is 0.314 e.